The Balaban J connectivity index is 1.61. The van der Waals surface area contributed by atoms with Gasteiger partial charge in [-0.3, -0.25) is 19.3 Å². The van der Waals surface area contributed by atoms with Crippen LogP contribution in [0, 0.1) is 6.92 Å². The molecule has 4 heterocycles. The second-order valence-corrected chi connectivity index (χ2v) is 9.67. The van der Waals surface area contributed by atoms with Gasteiger partial charge in [-0.1, -0.05) is 12.1 Å². The summed E-state index contributed by atoms with van der Waals surface area (Å²) in [6.45, 7) is 6.51. The number of alkyl halides is 3. The molecule has 0 bridgehead atoms. The molecule has 0 unspecified atom stereocenters. The number of piperidine rings is 1. The van der Waals surface area contributed by atoms with Crippen molar-refractivity contribution in [2.45, 2.75) is 58.0 Å². The first-order valence-electron chi connectivity index (χ1n) is 12.2. The van der Waals surface area contributed by atoms with E-state index in [1.807, 2.05) is 4.57 Å². The number of likely N-dealkylation sites (tertiary alicyclic amines) is 1. The maximum atomic E-state index is 13.5. The lowest BCUT2D eigenvalue weighted by Crippen LogP contribution is -2.44. The summed E-state index contributed by atoms with van der Waals surface area (Å²) in [6, 6.07) is 5.58. The van der Waals surface area contributed by atoms with Crippen LogP contribution in [0.3, 0.4) is 0 Å². The first kappa shape index (κ1) is 25.2. The van der Waals surface area contributed by atoms with E-state index in [1.54, 1.807) is 30.2 Å². The lowest BCUT2D eigenvalue weighted by molar-refractivity contribution is -0.138. The number of nitrogens with zero attached hydrogens (tertiary/aromatic N) is 5. The van der Waals surface area contributed by atoms with Crippen molar-refractivity contribution in [3.63, 3.8) is 0 Å². The fraction of sp³-hybridized carbons (Fsp3) is 0.462. The van der Waals surface area contributed by atoms with E-state index < -0.39 is 23.4 Å². The number of pyridine rings is 1. The van der Waals surface area contributed by atoms with Crippen molar-refractivity contribution in [3.05, 3.63) is 58.3 Å². The Labute approximate surface area is 211 Å². The zero-order chi connectivity index (χ0) is 26.5. The molecule has 1 N–H and O–H groups in total. The molecule has 1 saturated heterocycles. The summed E-state index contributed by atoms with van der Waals surface area (Å²) in [5, 5.41) is 12.0. The van der Waals surface area contributed by atoms with Gasteiger partial charge in [-0.05, 0) is 49.9 Å². The van der Waals surface area contributed by atoms with Gasteiger partial charge in [0.05, 0.1) is 35.6 Å². The van der Waals surface area contributed by atoms with Crippen molar-refractivity contribution in [1.29, 1.82) is 0 Å². The van der Waals surface area contributed by atoms with Crippen LogP contribution in [0.25, 0.3) is 10.9 Å². The molecule has 8 nitrogen and oxygen atoms in total. The minimum absolute atomic E-state index is 0.0374. The number of carbonyl (C=O) groups is 1. The van der Waals surface area contributed by atoms with Crippen LogP contribution in [0.15, 0.2) is 35.5 Å². The molecule has 11 heteroatoms. The highest BCUT2D eigenvalue weighted by Crippen LogP contribution is 2.36. The van der Waals surface area contributed by atoms with E-state index in [0.29, 0.717) is 72.7 Å². The van der Waals surface area contributed by atoms with Crippen LogP contribution in [0.1, 0.15) is 55.1 Å². The lowest BCUT2D eigenvalue weighted by atomic mass is 9.87. The van der Waals surface area contributed by atoms with Gasteiger partial charge in [0.1, 0.15) is 12.2 Å². The molecule has 0 radical (unpaired) electrons. The van der Waals surface area contributed by atoms with Gasteiger partial charge in [0, 0.05) is 25.4 Å². The van der Waals surface area contributed by atoms with Crippen LogP contribution in [0.5, 0.6) is 6.01 Å². The number of hydrogen-bond donors (Lipinski definition) is 1. The second-order valence-electron chi connectivity index (χ2n) is 9.67. The van der Waals surface area contributed by atoms with Crippen molar-refractivity contribution in [3.8, 4) is 6.01 Å². The van der Waals surface area contributed by atoms with Crippen molar-refractivity contribution >= 4 is 16.8 Å². The fourth-order valence-corrected chi connectivity index (χ4v) is 5.18. The van der Waals surface area contributed by atoms with Crippen LogP contribution in [0.2, 0.25) is 0 Å². The van der Waals surface area contributed by atoms with Gasteiger partial charge >= 0.3 is 6.18 Å². The Morgan fingerprint density at radius 2 is 1.97 bits per heavy atom. The number of hydrogen-bond acceptors (Lipinski definition) is 6. The minimum Gasteiger partial charge on any atom is -0.463 e. The van der Waals surface area contributed by atoms with Gasteiger partial charge in [0.15, 0.2) is 5.49 Å². The number of aliphatic hydroxyl groups is 1. The van der Waals surface area contributed by atoms with E-state index in [1.165, 1.54) is 19.9 Å². The molecule has 1 fully saturated rings. The standard InChI is InChI=1S/C26H28F3N5O3/c1-15-18(5-4-6-20(15)26(27,28)29)16(2)31-23-19-13-22(25(36)7-9-33(10-8-25)17(3)35)30-14-21(19)34-11-12-37-24(34)32-23/h4-6,13-14,16,36H,7-12H2,1-3H3/b31-23-/t16-/m1/s1. The number of amides is 1. The molecule has 0 spiro atoms. The number of fused-ring (bicyclic) bond motifs is 3. The van der Waals surface area contributed by atoms with Crippen LogP contribution in [-0.2, 0) is 23.1 Å². The third-order valence-electron chi connectivity index (χ3n) is 7.35. The molecular formula is C26H28F3N5O3. The average molecular weight is 516 g/mol. The Morgan fingerprint density at radius 1 is 1.24 bits per heavy atom. The predicted molar refractivity (Wildman–Crippen MR) is 129 cm³/mol. The molecule has 2 aliphatic rings. The first-order chi connectivity index (χ1) is 17.5. The summed E-state index contributed by atoms with van der Waals surface area (Å²) < 4.78 is 48.0. The lowest BCUT2D eigenvalue weighted by Gasteiger charge is -2.37. The number of carbonyl (C=O) groups excluding carboxylic acids is 1. The van der Waals surface area contributed by atoms with Crippen LogP contribution in [-0.4, -0.2) is 50.1 Å². The summed E-state index contributed by atoms with van der Waals surface area (Å²) in [5.41, 5.74) is 0.122. The second kappa shape index (κ2) is 9.13. The zero-order valence-corrected chi connectivity index (χ0v) is 20.8. The molecule has 1 amide bonds. The maximum absolute atomic E-state index is 13.5. The Bertz CT molecular complexity index is 1440. The molecule has 37 heavy (non-hydrogen) atoms. The van der Waals surface area contributed by atoms with Crippen LogP contribution in [0.4, 0.5) is 13.2 Å². The van der Waals surface area contributed by atoms with Gasteiger partial charge in [0.2, 0.25) is 5.91 Å². The van der Waals surface area contributed by atoms with Crippen LogP contribution >= 0.6 is 0 Å². The molecule has 1 aromatic carbocycles. The van der Waals surface area contributed by atoms with Gasteiger partial charge in [-0.15, -0.1) is 0 Å². The van der Waals surface area contributed by atoms with E-state index in [9.17, 15) is 23.1 Å². The first-order valence-corrected chi connectivity index (χ1v) is 12.2. The van der Waals surface area contributed by atoms with E-state index >= 15 is 0 Å². The van der Waals surface area contributed by atoms with Crippen molar-refractivity contribution in [2.24, 2.45) is 4.99 Å². The van der Waals surface area contributed by atoms with E-state index in [0.717, 1.165) is 6.07 Å². The van der Waals surface area contributed by atoms with Gasteiger partial charge < -0.3 is 14.7 Å². The number of halogens is 3. The normalized spacial score (nSPS) is 18.6. The highest BCUT2D eigenvalue weighted by Gasteiger charge is 2.37. The zero-order valence-electron chi connectivity index (χ0n) is 20.8. The third-order valence-corrected chi connectivity index (χ3v) is 7.35. The van der Waals surface area contributed by atoms with E-state index in [-0.39, 0.29) is 11.5 Å². The smallest absolute Gasteiger partial charge is 0.416 e. The molecule has 1 atom stereocenters. The summed E-state index contributed by atoms with van der Waals surface area (Å²) in [6.07, 6.45) is -2.13. The topological polar surface area (TPSA) is 92.8 Å². The fourth-order valence-electron chi connectivity index (χ4n) is 5.18. The minimum atomic E-state index is -4.46. The van der Waals surface area contributed by atoms with Crippen molar-refractivity contribution in [2.75, 3.05) is 19.7 Å². The highest BCUT2D eigenvalue weighted by atomic mass is 19.4. The Kier molecular flexibility index (Phi) is 6.21. The molecule has 196 valence electrons. The summed E-state index contributed by atoms with van der Waals surface area (Å²) in [4.78, 5) is 27.3. The molecule has 3 aromatic rings. The predicted octanol–water partition coefficient (Wildman–Crippen LogP) is 3.64. The molecule has 0 aliphatic carbocycles. The SMILES string of the molecule is CC(=O)N1CCC(O)(c2cc3/c(=N/[C@H](C)c4cccc(C(F)(F)F)c4C)nc4n(c3cn2)CCO4)CC1. The molecule has 5 rings (SSSR count). The average Bonchev–Trinajstić information content (AvgIpc) is 3.32. The van der Waals surface area contributed by atoms with Gasteiger partial charge in [-0.25, -0.2) is 0 Å². The largest absolute Gasteiger partial charge is 0.463 e. The summed E-state index contributed by atoms with van der Waals surface area (Å²) >= 11 is 0. The third kappa shape index (κ3) is 4.56. The Hall–Kier alpha value is -3.47. The molecular weight excluding hydrogens is 487 g/mol. The van der Waals surface area contributed by atoms with E-state index in [2.05, 4.69) is 9.97 Å². The summed E-state index contributed by atoms with van der Waals surface area (Å²) in [5.74, 6) is -0.0374. The van der Waals surface area contributed by atoms with Crippen molar-refractivity contribution < 1.29 is 27.8 Å². The van der Waals surface area contributed by atoms with Gasteiger partial charge in [-0.2, -0.15) is 18.2 Å². The highest BCUT2D eigenvalue weighted by molar-refractivity contribution is 5.78. The quantitative estimate of drug-likeness (QED) is 0.575. The monoisotopic (exact) mass is 515 g/mol. The van der Waals surface area contributed by atoms with Crippen molar-refractivity contribution in [1.82, 2.24) is 19.4 Å². The number of aromatic nitrogens is 3. The number of benzene rings is 1. The van der Waals surface area contributed by atoms with Gasteiger partial charge in [0.25, 0.3) is 6.01 Å². The number of ether oxygens (including phenoxy) is 1. The van der Waals surface area contributed by atoms with Crippen LogP contribution < -0.4 is 10.2 Å². The summed E-state index contributed by atoms with van der Waals surface area (Å²) in [7, 11) is 0. The molecule has 0 saturated carbocycles. The number of rotatable bonds is 3. The molecule has 2 aromatic heterocycles. The van der Waals surface area contributed by atoms with E-state index in [4.69, 9.17) is 9.73 Å². The Morgan fingerprint density at radius 3 is 2.65 bits per heavy atom. The molecule has 2 aliphatic heterocycles. The maximum Gasteiger partial charge on any atom is 0.416 e.